The summed E-state index contributed by atoms with van der Waals surface area (Å²) in [5, 5.41) is 0.735. The molecule has 1 rings (SSSR count). The van der Waals surface area contributed by atoms with Gasteiger partial charge < -0.3 is 4.74 Å². The maximum Gasteiger partial charge on any atom is 0.119 e. The van der Waals surface area contributed by atoms with Gasteiger partial charge in [-0.3, -0.25) is 0 Å². The van der Waals surface area contributed by atoms with E-state index < -0.39 is 0 Å². The Morgan fingerprint density at radius 3 is 2.00 bits per heavy atom. The Bertz CT molecular complexity index is 295. The van der Waals surface area contributed by atoms with E-state index in [9.17, 15) is 4.48 Å². The zero-order valence-corrected chi connectivity index (χ0v) is 9.70. The lowest BCUT2D eigenvalue weighted by Crippen LogP contribution is -2.20. The fraction of sp³-hybridized carbons (Fsp3) is 0.500. The molecule has 0 fully saturated rings. The van der Waals surface area contributed by atoms with Gasteiger partial charge in [-0.15, -0.1) is 0 Å². The molecule has 0 spiro atoms. The highest BCUT2D eigenvalue weighted by Gasteiger charge is 2.08. The monoisotopic (exact) mass is 211 g/mol. The van der Waals surface area contributed by atoms with E-state index in [1.165, 1.54) is 0 Å². The number of hydrogen-bond acceptors (Lipinski definition) is 2. The number of ether oxygens (including phenoxy) is 1. The average Bonchev–Trinajstić information content (AvgIpc) is 2.17. The van der Waals surface area contributed by atoms with Crippen molar-refractivity contribution < 1.29 is 9.22 Å². The Morgan fingerprint density at radius 2 is 1.60 bits per heavy atom. The van der Waals surface area contributed by atoms with Gasteiger partial charge in [0.2, 0.25) is 0 Å². The smallest absolute Gasteiger partial charge is 0.119 e. The summed E-state index contributed by atoms with van der Waals surface area (Å²) in [6, 6.07) is 6.85. The summed E-state index contributed by atoms with van der Waals surface area (Å²) in [5.74, 6) is 0.769. The molecule has 0 aliphatic heterocycles. The molecule has 0 saturated carbocycles. The molecule has 0 saturated heterocycles. The zero-order chi connectivity index (χ0) is 11.4. The number of nitrogens with zero attached hydrogens (tertiary/aromatic N) is 1. The van der Waals surface area contributed by atoms with Crippen LogP contribution in [0.15, 0.2) is 24.3 Å². The molecule has 0 aliphatic rings. The molecule has 0 aliphatic carbocycles. The lowest BCUT2D eigenvalue weighted by Gasteiger charge is -2.18. The van der Waals surface area contributed by atoms with Crippen molar-refractivity contribution in [2.24, 2.45) is 0 Å². The van der Waals surface area contributed by atoms with E-state index in [-0.39, 0.29) is 12.1 Å². The zero-order valence-electron chi connectivity index (χ0n) is 9.70. The summed E-state index contributed by atoms with van der Waals surface area (Å²) >= 11 is 0. The Labute approximate surface area is 90.6 Å². The van der Waals surface area contributed by atoms with Crippen LogP contribution in [-0.2, 0) is 0 Å². The lowest BCUT2D eigenvalue weighted by atomic mass is 10.2. The molecule has 0 radical (unpaired) electrons. The first-order valence-corrected chi connectivity index (χ1v) is 5.22. The van der Waals surface area contributed by atoms with Crippen LogP contribution >= 0.6 is 0 Å². The summed E-state index contributed by atoms with van der Waals surface area (Å²) in [4.78, 5) is 0. The standard InChI is InChI=1S/C12H18FNO/c1-9(2)14(13)11-5-7-12(8-6-11)15-10(3)4/h5-10H,1-4H3. The molecule has 2 nitrogen and oxygen atoms in total. The molecule has 1 aromatic carbocycles. The quantitative estimate of drug-likeness (QED) is 0.706. The van der Waals surface area contributed by atoms with Crippen LogP contribution in [0.5, 0.6) is 5.75 Å². The van der Waals surface area contributed by atoms with E-state index in [0.29, 0.717) is 5.69 Å². The van der Waals surface area contributed by atoms with Crippen molar-refractivity contribution in [3.63, 3.8) is 0 Å². The van der Waals surface area contributed by atoms with E-state index in [2.05, 4.69) is 0 Å². The number of halogens is 1. The molecule has 0 N–H and O–H groups in total. The van der Waals surface area contributed by atoms with Crippen molar-refractivity contribution in [3.05, 3.63) is 24.3 Å². The third-order valence-corrected chi connectivity index (χ3v) is 1.91. The predicted octanol–water partition coefficient (Wildman–Crippen LogP) is 3.57. The Kier molecular flexibility index (Phi) is 3.95. The highest BCUT2D eigenvalue weighted by atomic mass is 19.2. The molecular formula is C12H18FNO. The van der Waals surface area contributed by atoms with Crippen molar-refractivity contribution in [2.45, 2.75) is 39.8 Å². The first-order chi connectivity index (χ1) is 7.00. The SMILES string of the molecule is CC(C)Oc1ccc(N(F)C(C)C)cc1. The van der Waals surface area contributed by atoms with Crippen molar-refractivity contribution >= 4 is 5.69 Å². The molecule has 15 heavy (non-hydrogen) atoms. The summed E-state index contributed by atoms with van der Waals surface area (Å²) < 4.78 is 18.9. The Balaban J connectivity index is 2.72. The summed E-state index contributed by atoms with van der Waals surface area (Å²) in [5.41, 5.74) is 0.557. The first kappa shape index (κ1) is 11.8. The largest absolute Gasteiger partial charge is 0.491 e. The highest BCUT2D eigenvalue weighted by molar-refractivity contribution is 5.47. The molecule has 3 heteroatoms. The maximum atomic E-state index is 13.4. The Hall–Kier alpha value is -1.25. The van der Waals surface area contributed by atoms with E-state index in [4.69, 9.17) is 4.74 Å². The third kappa shape index (κ3) is 3.42. The van der Waals surface area contributed by atoms with Gasteiger partial charge >= 0.3 is 0 Å². The van der Waals surface area contributed by atoms with Crippen LogP contribution in [0.4, 0.5) is 10.2 Å². The topological polar surface area (TPSA) is 12.5 Å². The van der Waals surface area contributed by atoms with Crippen LogP contribution in [0.1, 0.15) is 27.7 Å². The molecule has 0 amide bonds. The number of anilines is 1. The molecule has 84 valence electrons. The molecule has 0 bridgehead atoms. The van der Waals surface area contributed by atoms with E-state index in [1.807, 2.05) is 13.8 Å². The van der Waals surface area contributed by atoms with Crippen molar-refractivity contribution in [3.8, 4) is 5.75 Å². The summed E-state index contributed by atoms with van der Waals surface area (Å²) in [6.45, 7) is 7.53. The van der Waals surface area contributed by atoms with Gasteiger partial charge in [0.05, 0.1) is 17.8 Å². The van der Waals surface area contributed by atoms with Crippen LogP contribution < -0.4 is 9.86 Å². The van der Waals surface area contributed by atoms with Crippen molar-refractivity contribution in [2.75, 3.05) is 5.12 Å². The van der Waals surface area contributed by atoms with E-state index in [1.54, 1.807) is 38.1 Å². The van der Waals surface area contributed by atoms with Crippen molar-refractivity contribution in [1.29, 1.82) is 0 Å². The average molecular weight is 211 g/mol. The molecule has 0 unspecified atom stereocenters. The number of hydrogen-bond donors (Lipinski definition) is 0. The predicted molar refractivity (Wildman–Crippen MR) is 60.9 cm³/mol. The minimum absolute atomic E-state index is 0.141. The molecule has 1 aromatic rings. The van der Waals surface area contributed by atoms with Crippen LogP contribution in [0.3, 0.4) is 0 Å². The van der Waals surface area contributed by atoms with Crippen LogP contribution in [0, 0.1) is 0 Å². The second kappa shape index (κ2) is 5.01. The van der Waals surface area contributed by atoms with Crippen LogP contribution in [0.25, 0.3) is 0 Å². The second-order valence-corrected chi connectivity index (χ2v) is 4.07. The molecule has 0 heterocycles. The maximum absolute atomic E-state index is 13.4. The van der Waals surface area contributed by atoms with Gasteiger partial charge in [-0.05, 0) is 52.0 Å². The van der Waals surface area contributed by atoms with Crippen LogP contribution in [0.2, 0.25) is 0 Å². The van der Waals surface area contributed by atoms with Gasteiger partial charge in [-0.1, -0.05) is 4.48 Å². The normalized spacial score (nSPS) is 10.9. The number of rotatable bonds is 4. The molecular weight excluding hydrogens is 193 g/mol. The van der Waals surface area contributed by atoms with E-state index >= 15 is 0 Å². The summed E-state index contributed by atoms with van der Waals surface area (Å²) in [7, 11) is 0. The van der Waals surface area contributed by atoms with Gasteiger partial charge in [0.1, 0.15) is 5.75 Å². The van der Waals surface area contributed by atoms with Crippen LogP contribution in [-0.4, -0.2) is 12.1 Å². The second-order valence-electron chi connectivity index (χ2n) is 4.07. The minimum Gasteiger partial charge on any atom is -0.491 e. The molecule has 0 atom stereocenters. The number of benzene rings is 1. The lowest BCUT2D eigenvalue weighted by molar-refractivity contribution is 0.242. The van der Waals surface area contributed by atoms with Gasteiger partial charge in [0, 0.05) is 0 Å². The summed E-state index contributed by atoms with van der Waals surface area (Å²) in [6.07, 6.45) is 0.141. The van der Waals surface area contributed by atoms with Gasteiger partial charge in [-0.2, -0.15) is 0 Å². The Morgan fingerprint density at radius 1 is 1.07 bits per heavy atom. The van der Waals surface area contributed by atoms with Gasteiger partial charge in [0.15, 0.2) is 0 Å². The van der Waals surface area contributed by atoms with Gasteiger partial charge in [-0.25, -0.2) is 5.12 Å². The molecule has 0 aromatic heterocycles. The highest BCUT2D eigenvalue weighted by Crippen LogP contribution is 2.22. The van der Waals surface area contributed by atoms with Gasteiger partial charge in [0.25, 0.3) is 0 Å². The van der Waals surface area contributed by atoms with E-state index in [0.717, 1.165) is 10.9 Å². The fourth-order valence-electron chi connectivity index (χ4n) is 1.24. The first-order valence-electron chi connectivity index (χ1n) is 5.22. The van der Waals surface area contributed by atoms with Crippen molar-refractivity contribution in [1.82, 2.24) is 0 Å². The third-order valence-electron chi connectivity index (χ3n) is 1.91. The minimum atomic E-state index is -0.151. The fourth-order valence-corrected chi connectivity index (χ4v) is 1.24.